The van der Waals surface area contributed by atoms with Gasteiger partial charge in [-0.2, -0.15) is 0 Å². The number of amides is 1. The molecule has 1 aliphatic heterocycles. The molecule has 1 unspecified atom stereocenters. The van der Waals surface area contributed by atoms with E-state index in [1.165, 1.54) is 18.2 Å². The largest absolute Gasteiger partial charge is 0.344 e. The lowest BCUT2D eigenvalue weighted by molar-refractivity contribution is -0.131. The van der Waals surface area contributed by atoms with E-state index in [-0.39, 0.29) is 17.9 Å². The Morgan fingerprint density at radius 1 is 1.13 bits per heavy atom. The highest BCUT2D eigenvalue weighted by atomic mass is 19.2. The van der Waals surface area contributed by atoms with Gasteiger partial charge in [-0.1, -0.05) is 18.2 Å². The van der Waals surface area contributed by atoms with Gasteiger partial charge in [0.1, 0.15) is 11.6 Å². The van der Waals surface area contributed by atoms with Crippen LogP contribution in [0.1, 0.15) is 42.5 Å². The molecule has 0 bridgehead atoms. The minimum Gasteiger partial charge on any atom is -0.344 e. The van der Waals surface area contributed by atoms with E-state index in [0.717, 1.165) is 12.1 Å². The highest BCUT2D eigenvalue weighted by Crippen LogP contribution is 2.37. The lowest BCUT2D eigenvalue weighted by Gasteiger charge is -2.36. The predicted octanol–water partition coefficient (Wildman–Crippen LogP) is 3.62. The Morgan fingerprint density at radius 2 is 1.90 bits per heavy atom. The van der Waals surface area contributed by atoms with Gasteiger partial charge in [-0.15, -0.1) is 0 Å². The maximum Gasteiger partial charge on any atom is 0.254 e. The van der Waals surface area contributed by atoms with Crippen LogP contribution in [0.5, 0.6) is 0 Å². The highest BCUT2D eigenvalue weighted by molar-refractivity contribution is 6.21. The van der Waals surface area contributed by atoms with Crippen molar-refractivity contribution in [2.45, 2.75) is 32.4 Å². The van der Waals surface area contributed by atoms with E-state index in [1.54, 1.807) is 25.0 Å². The molecule has 1 fully saturated rings. The molecule has 162 valence electrons. The molecule has 8 heteroatoms. The molecule has 2 N–H and O–H groups in total. The van der Waals surface area contributed by atoms with E-state index in [9.17, 15) is 22.8 Å². The SMILES string of the molecule is CNN1Cc2c(F)cccc2C(C(=O)N[C@H](c2ccc(F)c(F)c2)C2CCC2=O)=C1C. The van der Waals surface area contributed by atoms with Gasteiger partial charge in [0, 0.05) is 30.6 Å². The molecule has 0 saturated heterocycles. The molecule has 0 aromatic heterocycles. The zero-order valence-corrected chi connectivity index (χ0v) is 17.1. The molecule has 2 atom stereocenters. The average Bonchev–Trinajstić information content (AvgIpc) is 2.73. The Hall–Kier alpha value is -3.13. The summed E-state index contributed by atoms with van der Waals surface area (Å²) in [6, 6.07) is 7.07. The van der Waals surface area contributed by atoms with Crippen LogP contribution < -0.4 is 10.7 Å². The molecule has 1 aliphatic carbocycles. The quantitative estimate of drug-likeness (QED) is 0.762. The Balaban J connectivity index is 1.73. The molecular weight excluding hydrogens is 407 g/mol. The number of benzene rings is 2. The summed E-state index contributed by atoms with van der Waals surface area (Å²) in [5, 5.41) is 4.49. The minimum absolute atomic E-state index is 0.0484. The summed E-state index contributed by atoms with van der Waals surface area (Å²) < 4.78 is 41.8. The van der Waals surface area contributed by atoms with Gasteiger partial charge >= 0.3 is 0 Å². The fourth-order valence-electron chi connectivity index (χ4n) is 4.21. The number of nitrogens with zero attached hydrogens (tertiary/aromatic N) is 1. The Kier molecular flexibility index (Phi) is 5.58. The predicted molar refractivity (Wildman–Crippen MR) is 109 cm³/mol. The van der Waals surface area contributed by atoms with Crippen LogP contribution in [0.3, 0.4) is 0 Å². The van der Waals surface area contributed by atoms with Crippen LogP contribution in [-0.2, 0) is 16.1 Å². The molecule has 1 saturated carbocycles. The van der Waals surface area contributed by atoms with Crippen molar-refractivity contribution < 1.29 is 22.8 Å². The van der Waals surface area contributed by atoms with E-state index in [4.69, 9.17) is 0 Å². The molecule has 2 aliphatic rings. The lowest BCUT2D eigenvalue weighted by Crippen LogP contribution is -2.43. The Labute approximate surface area is 177 Å². The van der Waals surface area contributed by atoms with E-state index in [1.807, 2.05) is 0 Å². The number of nitrogens with one attached hydrogen (secondary N) is 2. The second kappa shape index (κ2) is 8.19. The molecule has 5 nitrogen and oxygen atoms in total. The number of rotatable bonds is 5. The maximum atomic E-state index is 14.5. The van der Waals surface area contributed by atoms with Gasteiger partial charge in [0.25, 0.3) is 5.91 Å². The third kappa shape index (κ3) is 3.72. The number of allylic oxidation sites excluding steroid dienone is 1. The summed E-state index contributed by atoms with van der Waals surface area (Å²) in [7, 11) is 1.67. The third-order valence-corrected chi connectivity index (χ3v) is 6.08. The zero-order valence-electron chi connectivity index (χ0n) is 17.1. The van der Waals surface area contributed by atoms with Gasteiger partial charge in [0.2, 0.25) is 0 Å². The Bertz CT molecular complexity index is 1100. The molecular formula is C23H22F3N3O2. The van der Waals surface area contributed by atoms with Crippen molar-refractivity contribution >= 4 is 17.3 Å². The molecule has 4 rings (SSSR count). The van der Waals surface area contributed by atoms with Crippen molar-refractivity contribution in [2.24, 2.45) is 5.92 Å². The molecule has 0 spiro atoms. The summed E-state index contributed by atoms with van der Waals surface area (Å²) in [4.78, 5) is 25.6. The average molecular weight is 429 g/mol. The fourth-order valence-corrected chi connectivity index (χ4v) is 4.21. The minimum atomic E-state index is -1.05. The monoisotopic (exact) mass is 429 g/mol. The van der Waals surface area contributed by atoms with Crippen LogP contribution in [-0.4, -0.2) is 23.7 Å². The first-order chi connectivity index (χ1) is 14.8. The number of halogens is 3. The van der Waals surface area contributed by atoms with Gasteiger partial charge in [0.05, 0.1) is 18.2 Å². The zero-order chi connectivity index (χ0) is 22.3. The summed E-state index contributed by atoms with van der Waals surface area (Å²) in [5.41, 5.74) is 4.93. The van der Waals surface area contributed by atoms with Crippen LogP contribution in [0.25, 0.3) is 5.57 Å². The molecule has 1 heterocycles. The number of hydrogen-bond acceptors (Lipinski definition) is 4. The fraction of sp³-hybridized carbons (Fsp3) is 0.304. The van der Waals surface area contributed by atoms with E-state index >= 15 is 0 Å². The van der Waals surface area contributed by atoms with Gasteiger partial charge < -0.3 is 10.3 Å². The number of carbonyl (C=O) groups excluding carboxylic acids is 2. The summed E-state index contributed by atoms with van der Waals surface area (Å²) in [6.45, 7) is 1.98. The first-order valence-corrected chi connectivity index (χ1v) is 10.0. The van der Waals surface area contributed by atoms with Crippen LogP contribution in [0.2, 0.25) is 0 Å². The maximum absolute atomic E-state index is 14.5. The van der Waals surface area contributed by atoms with Gasteiger partial charge in [-0.05, 0) is 42.7 Å². The van der Waals surface area contributed by atoms with Crippen molar-refractivity contribution in [3.63, 3.8) is 0 Å². The topological polar surface area (TPSA) is 61.4 Å². The number of carbonyl (C=O) groups is 2. The van der Waals surface area contributed by atoms with Crippen molar-refractivity contribution in [3.8, 4) is 0 Å². The van der Waals surface area contributed by atoms with Crippen LogP contribution in [0, 0.1) is 23.4 Å². The number of Topliss-reactive ketones (excluding diaryl/α,β-unsaturated/α-hetero) is 1. The Morgan fingerprint density at radius 3 is 2.52 bits per heavy atom. The third-order valence-electron chi connectivity index (χ3n) is 6.08. The standard InChI is InChI=1S/C23H22F3N3O2/c1-12-21(14-4-3-5-17(24)16(14)11-29(12)27-2)23(31)28-22(15-7-9-20(15)30)13-6-8-18(25)19(26)10-13/h3-6,8,10,15,22,27H,7,9,11H2,1-2H3,(H,28,31)/t15?,22-/m1/s1. The second-order valence-electron chi connectivity index (χ2n) is 7.77. The van der Waals surface area contributed by atoms with E-state index in [2.05, 4.69) is 10.7 Å². The molecule has 0 radical (unpaired) electrons. The normalized spacial score (nSPS) is 19.1. The summed E-state index contributed by atoms with van der Waals surface area (Å²) >= 11 is 0. The second-order valence-corrected chi connectivity index (χ2v) is 7.77. The van der Waals surface area contributed by atoms with Crippen molar-refractivity contribution in [1.29, 1.82) is 0 Å². The van der Waals surface area contributed by atoms with Crippen molar-refractivity contribution in [2.75, 3.05) is 7.05 Å². The lowest BCUT2D eigenvalue weighted by atomic mass is 9.75. The summed E-state index contributed by atoms with van der Waals surface area (Å²) in [6.07, 6.45) is 0.915. The van der Waals surface area contributed by atoms with Gasteiger partial charge in [0.15, 0.2) is 11.6 Å². The first-order valence-electron chi connectivity index (χ1n) is 10.0. The smallest absolute Gasteiger partial charge is 0.254 e. The van der Waals surface area contributed by atoms with Crippen LogP contribution >= 0.6 is 0 Å². The summed E-state index contributed by atoms with van der Waals surface area (Å²) in [5.74, 6) is -3.57. The number of fused-ring (bicyclic) bond motifs is 1. The van der Waals surface area contributed by atoms with Crippen molar-refractivity contribution in [3.05, 3.63) is 76.2 Å². The van der Waals surface area contributed by atoms with Crippen molar-refractivity contribution in [1.82, 2.24) is 15.8 Å². The van der Waals surface area contributed by atoms with Crippen LogP contribution in [0.4, 0.5) is 13.2 Å². The molecule has 2 aromatic rings. The van der Waals surface area contributed by atoms with Crippen LogP contribution in [0.15, 0.2) is 42.1 Å². The van der Waals surface area contributed by atoms with Gasteiger partial charge in [-0.25, -0.2) is 18.6 Å². The molecule has 1 amide bonds. The van der Waals surface area contributed by atoms with E-state index < -0.39 is 35.3 Å². The van der Waals surface area contributed by atoms with Gasteiger partial charge in [-0.3, -0.25) is 9.59 Å². The first kappa shape index (κ1) is 21.1. The number of ketones is 1. The molecule has 2 aromatic carbocycles. The highest BCUT2D eigenvalue weighted by Gasteiger charge is 2.39. The number of hydrogen-bond donors (Lipinski definition) is 2. The number of hydrazine groups is 1. The van der Waals surface area contributed by atoms with E-state index in [0.29, 0.717) is 35.2 Å². The molecule has 31 heavy (non-hydrogen) atoms.